The van der Waals surface area contributed by atoms with Crippen molar-refractivity contribution in [2.24, 2.45) is 17.3 Å². The van der Waals surface area contributed by atoms with Crippen LogP contribution in [0.5, 0.6) is 0 Å². The molecule has 0 aliphatic heterocycles. The van der Waals surface area contributed by atoms with Gasteiger partial charge in [0, 0.05) is 11.8 Å². The highest BCUT2D eigenvalue weighted by Crippen LogP contribution is 2.38. The maximum absolute atomic E-state index is 11.7. The zero-order chi connectivity index (χ0) is 10.1. The van der Waals surface area contributed by atoms with Gasteiger partial charge in [0.1, 0.15) is 5.78 Å². The summed E-state index contributed by atoms with van der Waals surface area (Å²) in [5.74, 6) is 1.37. The molecule has 0 heterocycles. The predicted molar refractivity (Wildman–Crippen MR) is 52.4 cm³/mol. The second-order valence-corrected chi connectivity index (χ2v) is 4.89. The van der Waals surface area contributed by atoms with E-state index in [-0.39, 0.29) is 12.4 Å². The maximum Gasteiger partial charge on any atom is 0.141 e. The minimum absolute atomic E-state index is 0.0106. The van der Waals surface area contributed by atoms with Crippen LogP contribution < -0.4 is 0 Å². The fourth-order valence-corrected chi connectivity index (χ4v) is 1.97. The highest BCUT2D eigenvalue weighted by Gasteiger charge is 2.38. The summed E-state index contributed by atoms with van der Waals surface area (Å²) in [5, 5.41) is 9.12. The molecular weight excluding hydrogens is 164 g/mol. The van der Waals surface area contributed by atoms with Crippen LogP contribution in [0.1, 0.15) is 40.0 Å². The van der Waals surface area contributed by atoms with Crippen LogP contribution in [0.4, 0.5) is 0 Å². The molecule has 1 aliphatic carbocycles. The van der Waals surface area contributed by atoms with Gasteiger partial charge in [-0.1, -0.05) is 20.8 Å². The van der Waals surface area contributed by atoms with Gasteiger partial charge in [0.15, 0.2) is 0 Å². The SMILES string of the molecule is CC(C)[C@@H]1CC[C@@](C)(CO)C(=O)C1. The Kier molecular flexibility index (Phi) is 3.12. The van der Waals surface area contributed by atoms with Crippen molar-refractivity contribution in [3.8, 4) is 0 Å². The number of carbonyl (C=O) groups excluding carboxylic acids is 1. The molecular formula is C11H20O2. The Morgan fingerprint density at radius 3 is 2.62 bits per heavy atom. The molecule has 2 heteroatoms. The van der Waals surface area contributed by atoms with Gasteiger partial charge in [-0.15, -0.1) is 0 Å². The Labute approximate surface area is 80.3 Å². The minimum Gasteiger partial charge on any atom is -0.395 e. The molecule has 0 aromatic rings. The van der Waals surface area contributed by atoms with Crippen LogP contribution in [-0.4, -0.2) is 17.5 Å². The maximum atomic E-state index is 11.7. The summed E-state index contributed by atoms with van der Waals surface area (Å²) in [4.78, 5) is 11.7. The smallest absolute Gasteiger partial charge is 0.141 e. The lowest BCUT2D eigenvalue weighted by atomic mass is 9.68. The summed E-state index contributed by atoms with van der Waals surface area (Å²) in [6.07, 6.45) is 2.60. The fourth-order valence-electron chi connectivity index (χ4n) is 1.97. The molecule has 1 aliphatic rings. The Bertz CT molecular complexity index is 198. The molecule has 0 aromatic heterocycles. The molecule has 0 radical (unpaired) electrons. The quantitative estimate of drug-likeness (QED) is 0.712. The summed E-state index contributed by atoms with van der Waals surface area (Å²) in [6, 6.07) is 0. The largest absolute Gasteiger partial charge is 0.395 e. The zero-order valence-corrected chi connectivity index (χ0v) is 8.84. The normalized spacial score (nSPS) is 35.5. The van der Waals surface area contributed by atoms with Gasteiger partial charge in [-0.05, 0) is 24.7 Å². The summed E-state index contributed by atoms with van der Waals surface area (Å²) in [6.45, 7) is 6.22. The van der Waals surface area contributed by atoms with E-state index in [1.54, 1.807) is 0 Å². The molecule has 0 aromatic carbocycles. The van der Waals surface area contributed by atoms with Crippen molar-refractivity contribution in [3.05, 3.63) is 0 Å². The van der Waals surface area contributed by atoms with Gasteiger partial charge in [0.25, 0.3) is 0 Å². The van der Waals surface area contributed by atoms with E-state index in [0.717, 1.165) is 12.8 Å². The third-order valence-corrected chi connectivity index (χ3v) is 3.48. The van der Waals surface area contributed by atoms with Crippen molar-refractivity contribution in [3.63, 3.8) is 0 Å². The lowest BCUT2D eigenvalue weighted by molar-refractivity contribution is -0.135. The Morgan fingerprint density at radius 2 is 2.23 bits per heavy atom. The van der Waals surface area contributed by atoms with E-state index in [9.17, 15) is 4.79 Å². The average Bonchev–Trinajstić information content (AvgIpc) is 2.09. The molecule has 1 fully saturated rings. The molecule has 0 spiro atoms. The number of aliphatic hydroxyl groups is 1. The van der Waals surface area contributed by atoms with Crippen LogP contribution in [-0.2, 0) is 4.79 Å². The fraction of sp³-hybridized carbons (Fsp3) is 0.909. The number of ketones is 1. The summed E-state index contributed by atoms with van der Waals surface area (Å²) < 4.78 is 0. The zero-order valence-electron chi connectivity index (χ0n) is 8.84. The number of rotatable bonds is 2. The molecule has 13 heavy (non-hydrogen) atoms. The van der Waals surface area contributed by atoms with Crippen LogP contribution in [0.25, 0.3) is 0 Å². The van der Waals surface area contributed by atoms with E-state index >= 15 is 0 Å². The van der Waals surface area contributed by atoms with Crippen LogP contribution in [0.2, 0.25) is 0 Å². The van der Waals surface area contributed by atoms with Crippen molar-refractivity contribution in [2.75, 3.05) is 6.61 Å². The molecule has 2 atom stereocenters. The lowest BCUT2D eigenvalue weighted by Gasteiger charge is -2.35. The van der Waals surface area contributed by atoms with Gasteiger partial charge in [0.05, 0.1) is 6.61 Å². The van der Waals surface area contributed by atoms with Crippen LogP contribution in [0, 0.1) is 17.3 Å². The van der Waals surface area contributed by atoms with Gasteiger partial charge in [-0.2, -0.15) is 0 Å². The Morgan fingerprint density at radius 1 is 1.62 bits per heavy atom. The van der Waals surface area contributed by atoms with Gasteiger partial charge in [-0.3, -0.25) is 4.79 Å². The first-order valence-electron chi connectivity index (χ1n) is 5.14. The molecule has 1 rings (SSSR count). The molecule has 1 N–H and O–H groups in total. The Hall–Kier alpha value is -0.370. The first kappa shape index (κ1) is 10.7. The second-order valence-electron chi connectivity index (χ2n) is 4.89. The lowest BCUT2D eigenvalue weighted by Crippen LogP contribution is -2.38. The van der Waals surface area contributed by atoms with E-state index in [1.807, 2.05) is 6.92 Å². The van der Waals surface area contributed by atoms with E-state index in [1.165, 1.54) is 0 Å². The molecule has 0 saturated heterocycles. The number of carbonyl (C=O) groups is 1. The number of aliphatic hydroxyl groups excluding tert-OH is 1. The van der Waals surface area contributed by atoms with E-state index in [2.05, 4.69) is 13.8 Å². The molecule has 0 unspecified atom stereocenters. The topological polar surface area (TPSA) is 37.3 Å². The van der Waals surface area contributed by atoms with Crippen LogP contribution in [0.3, 0.4) is 0 Å². The van der Waals surface area contributed by atoms with Gasteiger partial charge >= 0.3 is 0 Å². The number of hydrogen-bond acceptors (Lipinski definition) is 2. The monoisotopic (exact) mass is 184 g/mol. The van der Waals surface area contributed by atoms with Gasteiger partial charge in [-0.25, -0.2) is 0 Å². The van der Waals surface area contributed by atoms with Crippen LogP contribution >= 0.6 is 0 Å². The molecule has 76 valence electrons. The first-order chi connectivity index (χ1) is 5.99. The minimum atomic E-state index is -0.439. The summed E-state index contributed by atoms with van der Waals surface area (Å²) in [7, 11) is 0. The van der Waals surface area contributed by atoms with Crippen molar-refractivity contribution < 1.29 is 9.90 Å². The third kappa shape index (κ3) is 2.11. The van der Waals surface area contributed by atoms with Crippen molar-refractivity contribution in [1.82, 2.24) is 0 Å². The second kappa shape index (κ2) is 3.79. The van der Waals surface area contributed by atoms with E-state index in [0.29, 0.717) is 18.3 Å². The van der Waals surface area contributed by atoms with Crippen molar-refractivity contribution in [2.45, 2.75) is 40.0 Å². The number of Topliss-reactive ketones (excluding diaryl/α,β-unsaturated/α-hetero) is 1. The highest BCUT2D eigenvalue weighted by molar-refractivity contribution is 5.85. The third-order valence-electron chi connectivity index (χ3n) is 3.48. The molecule has 0 amide bonds. The van der Waals surface area contributed by atoms with E-state index < -0.39 is 5.41 Å². The number of hydrogen-bond donors (Lipinski definition) is 1. The van der Waals surface area contributed by atoms with Gasteiger partial charge < -0.3 is 5.11 Å². The van der Waals surface area contributed by atoms with Crippen LogP contribution in [0.15, 0.2) is 0 Å². The first-order valence-corrected chi connectivity index (χ1v) is 5.14. The van der Waals surface area contributed by atoms with Crippen molar-refractivity contribution in [1.29, 1.82) is 0 Å². The predicted octanol–water partition coefficient (Wildman–Crippen LogP) is 2.01. The van der Waals surface area contributed by atoms with Gasteiger partial charge in [0.2, 0.25) is 0 Å². The summed E-state index contributed by atoms with van der Waals surface area (Å²) >= 11 is 0. The standard InChI is InChI=1S/C11H20O2/c1-8(2)9-4-5-11(3,7-12)10(13)6-9/h8-9,12H,4-7H2,1-3H3/t9-,11+/m1/s1. The van der Waals surface area contributed by atoms with Crippen molar-refractivity contribution >= 4 is 5.78 Å². The summed E-state index contributed by atoms with van der Waals surface area (Å²) in [5.41, 5.74) is -0.439. The molecule has 1 saturated carbocycles. The molecule has 2 nitrogen and oxygen atoms in total. The Balaban J connectivity index is 2.62. The highest BCUT2D eigenvalue weighted by atomic mass is 16.3. The average molecular weight is 184 g/mol. The molecule has 0 bridgehead atoms. The van der Waals surface area contributed by atoms with E-state index in [4.69, 9.17) is 5.11 Å².